The van der Waals surface area contributed by atoms with Gasteiger partial charge in [0.1, 0.15) is 11.6 Å². The van der Waals surface area contributed by atoms with Crippen LogP contribution in [-0.2, 0) is 16.1 Å². The number of hydrogen-bond acceptors (Lipinski definition) is 5. The van der Waals surface area contributed by atoms with Crippen LogP contribution in [-0.4, -0.2) is 62.1 Å². The Kier molecular flexibility index (Phi) is 6.75. The van der Waals surface area contributed by atoms with Crippen LogP contribution in [0.3, 0.4) is 0 Å². The van der Waals surface area contributed by atoms with Gasteiger partial charge in [-0.3, -0.25) is 15.1 Å². The molecule has 164 valence electrons. The molecule has 0 radical (unpaired) electrons. The zero-order chi connectivity index (χ0) is 21.7. The second-order valence-corrected chi connectivity index (χ2v) is 8.19. The van der Waals surface area contributed by atoms with E-state index in [4.69, 9.17) is 26.1 Å². The number of anilines is 1. The summed E-state index contributed by atoms with van der Waals surface area (Å²) >= 11 is 5.99. The number of amides is 1. The Morgan fingerprint density at radius 2 is 2.13 bits per heavy atom. The van der Waals surface area contributed by atoms with Crippen molar-refractivity contribution in [3.8, 4) is 5.75 Å². The average molecular weight is 443 g/mol. The first-order valence-corrected chi connectivity index (χ1v) is 10.8. The summed E-state index contributed by atoms with van der Waals surface area (Å²) in [5.74, 6) is 1.37. The molecule has 31 heavy (non-hydrogen) atoms. The van der Waals surface area contributed by atoms with E-state index in [1.54, 1.807) is 31.4 Å². The molecule has 4 rings (SSSR count). The lowest BCUT2D eigenvalue weighted by Gasteiger charge is -2.30. The molecular formula is C23H27ClN4O3. The molecule has 1 atom stereocenters. The molecule has 1 saturated heterocycles. The number of nitrogens with one attached hydrogen (secondary N) is 2. The standard InChI is InChI=1S/C23H27ClN4O3/c1-30-12-10-25-22-23(26-14-17-5-2-3-8-20(17)27-22)9-11-28(16-23)21(29)15-31-19-7-4-6-18(24)13-19/h2-8,13,26H,9-12,14-16H2,1H3,(H,25,27)/t23-/m1/s1. The predicted molar refractivity (Wildman–Crippen MR) is 122 cm³/mol. The van der Waals surface area contributed by atoms with Gasteiger partial charge in [-0.15, -0.1) is 0 Å². The summed E-state index contributed by atoms with van der Waals surface area (Å²) in [4.78, 5) is 19.5. The van der Waals surface area contributed by atoms with Gasteiger partial charge in [0.15, 0.2) is 6.61 Å². The Morgan fingerprint density at radius 1 is 1.26 bits per heavy atom. The molecule has 2 aliphatic rings. The largest absolute Gasteiger partial charge is 0.484 e. The number of hydrogen-bond donors (Lipinski definition) is 2. The molecule has 2 aromatic rings. The van der Waals surface area contributed by atoms with E-state index in [0.29, 0.717) is 43.6 Å². The van der Waals surface area contributed by atoms with Crippen LogP contribution in [0.1, 0.15) is 12.0 Å². The summed E-state index contributed by atoms with van der Waals surface area (Å²) in [5.41, 5.74) is 1.78. The van der Waals surface area contributed by atoms with Gasteiger partial charge in [-0.25, -0.2) is 0 Å². The Bertz CT molecular complexity index is 967. The fourth-order valence-corrected chi connectivity index (χ4v) is 4.16. The zero-order valence-corrected chi connectivity index (χ0v) is 18.3. The number of nitrogens with zero attached hydrogens (tertiary/aromatic N) is 2. The van der Waals surface area contributed by atoms with Gasteiger partial charge in [0.05, 0.1) is 18.7 Å². The van der Waals surface area contributed by atoms with Crippen LogP contribution >= 0.6 is 11.6 Å². The molecule has 0 saturated carbocycles. The number of aliphatic imine (C=N–C) groups is 1. The van der Waals surface area contributed by atoms with Crippen molar-refractivity contribution >= 4 is 29.0 Å². The first kappa shape index (κ1) is 21.6. The monoisotopic (exact) mass is 442 g/mol. The van der Waals surface area contributed by atoms with Gasteiger partial charge in [-0.2, -0.15) is 0 Å². The maximum atomic E-state index is 12.9. The maximum Gasteiger partial charge on any atom is 0.260 e. The Morgan fingerprint density at radius 3 is 2.97 bits per heavy atom. The third kappa shape index (κ3) is 5.01. The van der Waals surface area contributed by atoms with Gasteiger partial charge in [0.2, 0.25) is 0 Å². The van der Waals surface area contributed by atoms with Gasteiger partial charge in [0.25, 0.3) is 5.91 Å². The summed E-state index contributed by atoms with van der Waals surface area (Å²) in [6, 6.07) is 15.3. The van der Waals surface area contributed by atoms with Crippen molar-refractivity contribution in [3.63, 3.8) is 0 Å². The summed E-state index contributed by atoms with van der Waals surface area (Å²) in [7, 11) is 1.67. The minimum atomic E-state index is -0.432. The number of benzene rings is 2. The molecule has 1 fully saturated rings. The van der Waals surface area contributed by atoms with Crippen LogP contribution < -0.4 is 15.4 Å². The molecule has 8 heteroatoms. The van der Waals surface area contributed by atoms with Gasteiger partial charge < -0.3 is 19.7 Å². The molecule has 2 N–H and O–H groups in total. The first-order chi connectivity index (χ1) is 15.1. The summed E-state index contributed by atoms with van der Waals surface area (Å²) in [6.07, 6.45) is 0.767. The molecular weight excluding hydrogens is 416 g/mol. The van der Waals surface area contributed by atoms with Crippen molar-refractivity contribution in [2.45, 2.75) is 18.5 Å². The van der Waals surface area contributed by atoms with Gasteiger partial charge in [-0.05, 0) is 36.2 Å². The van der Waals surface area contributed by atoms with Crippen LogP contribution in [0.15, 0.2) is 53.5 Å². The lowest BCUT2D eigenvalue weighted by Crippen LogP contribution is -2.55. The Hall–Kier alpha value is -2.61. The van der Waals surface area contributed by atoms with Crippen LogP contribution in [0.2, 0.25) is 5.02 Å². The summed E-state index contributed by atoms with van der Waals surface area (Å²) in [6.45, 7) is 2.92. The van der Waals surface area contributed by atoms with Crippen molar-refractivity contribution in [3.05, 3.63) is 59.1 Å². The lowest BCUT2D eigenvalue weighted by molar-refractivity contribution is -0.132. The fourth-order valence-electron chi connectivity index (χ4n) is 3.98. The molecule has 2 heterocycles. The number of methoxy groups -OCH3 is 1. The lowest BCUT2D eigenvalue weighted by atomic mass is 9.96. The highest BCUT2D eigenvalue weighted by molar-refractivity contribution is 6.30. The summed E-state index contributed by atoms with van der Waals surface area (Å²) < 4.78 is 10.8. The van der Waals surface area contributed by atoms with Crippen molar-refractivity contribution in [1.29, 1.82) is 0 Å². The van der Waals surface area contributed by atoms with E-state index in [1.807, 2.05) is 17.0 Å². The molecule has 7 nitrogen and oxygen atoms in total. The van der Waals surface area contributed by atoms with Gasteiger partial charge in [-0.1, -0.05) is 35.9 Å². The minimum absolute atomic E-state index is 0.0276. The smallest absolute Gasteiger partial charge is 0.260 e. The van der Waals surface area contributed by atoms with Gasteiger partial charge in [0, 0.05) is 37.5 Å². The molecule has 0 unspecified atom stereocenters. The maximum absolute atomic E-state index is 12.9. The fraction of sp³-hybridized carbons (Fsp3) is 0.391. The van der Waals surface area contributed by atoms with Crippen molar-refractivity contribution in [1.82, 2.24) is 10.2 Å². The topological polar surface area (TPSA) is 75.2 Å². The number of para-hydroxylation sites is 1. The van der Waals surface area contributed by atoms with Gasteiger partial charge >= 0.3 is 0 Å². The average Bonchev–Trinajstić information content (AvgIpc) is 3.15. The number of likely N-dealkylation sites (tertiary alicyclic amines) is 1. The van der Waals surface area contributed by atoms with E-state index in [0.717, 1.165) is 17.9 Å². The highest BCUT2D eigenvalue weighted by Gasteiger charge is 2.45. The highest BCUT2D eigenvalue weighted by atomic mass is 35.5. The molecule has 0 aliphatic carbocycles. The van der Waals surface area contributed by atoms with E-state index in [1.165, 1.54) is 5.56 Å². The molecule has 0 aromatic heterocycles. The Labute approximate surface area is 187 Å². The third-order valence-electron chi connectivity index (χ3n) is 5.69. The van der Waals surface area contributed by atoms with Crippen LogP contribution in [0.4, 0.5) is 5.69 Å². The normalized spacial score (nSPS) is 21.6. The van der Waals surface area contributed by atoms with Crippen LogP contribution in [0.5, 0.6) is 5.75 Å². The molecule has 1 spiro atoms. The minimum Gasteiger partial charge on any atom is -0.484 e. The number of ether oxygens (including phenoxy) is 2. The third-order valence-corrected chi connectivity index (χ3v) is 5.92. The van der Waals surface area contributed by atoms with Crippen LogP contribution in [0, 0.1) is 0 Å². The molecule has 1 amide bonds. The quantitative estimate of drug-likeness (QED) is 0.673. The SMILES string of the molecule is COCCN=C1Nc2ccccc2CN[C@@]12CCN(C(=O)COc1cccc(Cl)c1)C2. The number of fused-ring (bicyclic) bond motifs is 1. The Balaban J connectivity index is 1.47. The zero-order valence-electron chi connectivity index (χ0n) is 17.6. The van der Waals surface area contributed by atoms with E-state index in [2.05, 4.69) is 22.8 Å². The first-order valence-electron chi connectivity index (χ1n) is 10.4. The number of amidine groups is 1. The second-order valence-electron chi connectivity index (χ2n) is 7.75. The molecule has 0 bridgehead atoms. The van der Waals surface area contributed by atoms with Crippen molar-refractivity contribution in [2.75, 3.05) is 45.3 Å². The van der Waals surface area contributed by atoms with Crippen LogP contribution in [0.25, 0.3) is 0 Å². The number of carbonyl (C=O) groups excluding carboxylic acids is 1. The number of halogens is 1. The van der Waals surface area contributed by atoms with E-state index in [-0.39, 0.29) is 12.5 Å². The predicted octanol–water partition coefficient (Wildman–Crippen LogP) is 2.95. The highest BCUT2D eigenvalue weighted by Crippen LogP contribution is 2.30. The number of carbonyl (C=O) groups is 1. The molecule has 2 aliphatic heterocycles. The number of rotatable bonds is 6. The second kappa shape index (κ2) is 9.68. The summed E-state index contributed by atoms with van der Waals surface area (Å²) in [5, 5.41) is 7.77. The van der Waals surface area contributed by atoms with E-state index < -0.39 is 5.54 Å². The van der Waals surface area contributed by atoms with E-state index >= 15 is 0 Å². The van der Waals surface area contributed by atoms with E-state index in [9.17, 15) is 4.79 Å². The van der Waals surface area contributed by atoms with Crippen molar-refractivity contribution < 1.29 is 14.3 Å². The molecule has 2 aromatic carbocycles. The van der Waals surface area contributed by atoms with Crippen molar-refractivity contribution in [2.24, 2.45) is 4.99 Å².